The average molecular weight is 299 g/mol. The molecule has 1 aliphatic rings. The van der Waals surface area contributed by atoms with Crippen LogP contribution in [0.5, 0.6) is 0 Å². The molecule has 0 bridgehead atoms. The van der Waals surface area contributed by atoms with Crippen molar-refractivity contribution in [3.8, 4) is 0 Å². The SMILES string of the molecule is Cc1cc(NC2(CO)CCCCC2)ncc1Br. The molecule has 0 saturated heterocycles. The van der Waals surface area contributed by atoms with Crippen molar-refractivity contribution in [2.75, 3.05) is 11.9 Å². The number of anilines is 1. The van der Waals surface area contributed by atoms with Crippen LogP contribution in [0.25, 0.3) is 0 Å². The lowest BCUT2D eigenvalue weighted by atomic mass is 9.82. The Bertz CT molecular complexity index is 389. The maximum Gasteiger partial charge on any atom is 0.126 e. The Labute approximate surface area is 111 Å². The number of hydrogen-bond acceptors (Lipinski definition) is 3. The molecule has 1 aromatic rings. The molecular weight excluding hydrogens is 280 g/mol. The standard InChI is InChI=1S/C13H19BrN2O/c1-10-7-12(15-8-11(10)14)16-13(9-17)5-3-2-4-6-13/h7-8,17H,2-6,9H2,1H3,(H,15,16). The topological polar surface area (TPSA) is 45.1 Å². The van der Waals surface area contributed by atoms with Crippen molar-refractivity contribution in [2.45, 2.75) is 44.6 Å². The number of aryl methyl sites for hydroxylation is 1. The summed E-state index contributed by atoms with van der Waals surface area (Å²) in [4.78, 5) is 4.36. The minimum absolute atomic E-state index is 0.161. The quantitative estimate of drug-likeness (QED) is 0.900. The number of pyridine rings is 1. The smallest absolute Gasteiger partial charge is 0.126 e. The Kier molecular flexibility index (Phi) is 4.05. The fraction of sp³-hybridized carbons (Fsp3) is 0.615. The van der Waals surface area contributed by atoms with Crippen LogP contribution in [0.4, 0.5) is 5.82 Å². The van der Waals surface area contributed by atoms with E-state index in [-0.39, 0.29) is 12.1 Å². The van der Waals surface area contributed by atoms with E-state index in [9.17, 15) is 5.11 Å². The zero-order valence-corrected chi connectivity index (χ0v) is 11.8. The van der Waals surface area contributed by atoms with E-state index in [0.29, 0.717) is 0 Å². The van der Waals surface area contributed by atoms with Gasteiger partial charge < -0.3 is 10.4 Å². The molecule has 1 saturated carbocycles. The highest BCUT2D eigenvalue weighted by atomic mass is 79.9. The fourth-order valence-corrected chi connectivity index (χ4v) is 2.65. The van der Waals surface area contributed by atoms with Crippen LogP contribution in [0.3, 0.4) is 0 Å². The van der Waals surface area contributed by atoms with Gasteiger partial charge in [-0.05, 0) is 47.3 Å². The number of nitrogens with one attached hydrogen (secondary N) is 1. The predicted molar refractivity (Wildman–Crippen MR) is 73.2 cm³/mol. The first-order valence-electron chi connectivity index (χ1n) is 6.16. The zero-order chi connectivity index (χ0) is 12.3. The van der Waals surface area contributed by atoms with Crippen LogP contribution in [-0.4, -0.2) is 22.2 Å². The van der Waals surface area contributed by atoms with E-state index < -0.39 is 0 Å². The van der Waals surface area contributed by atoms with Gasteiger partial charge in [0.2, 0.25) is 0 Å². The fourth-order valence-electron chi connectivity index (χ4n) is 2.43. The van der Waals surface area contributed by atoms with E-state index in [1.54, 1.807) is 0 Å². The largest absolute Gasteiger partial charge is 0.394 e. The monoisotopic (exact) mass is 298 g/mol. The Balaban J connectivity index is 2.14. The van der Waals surface area contributed by atoms with Crippen molar-refractivity contribution in [3.05, 3.63) is 22.3 Å². The summed E-state index contributed by atoms with van der Waals surface area (Å²) in [5.41, 5.74) is 0.998. The Morgan fingerprint density at radius 1 is 1.41 bits per heavy atom. The normalized spacial score (nSPS) is 19.0. The highest BCUT2D eigenvalue weighted by Gasteiger charge is 2.31. The molecule has 94 valence electrons. The molecule has 17 heavy (non-hydrogen) atoms. The summed E-state index contributed by atoms with van der Waals surface area (Å²) in [7, 11) is 0. The van der Waals surface area contributed by atoms with Crippen LogP contribution < -0.4 is 5.32 Å². The second-order valence-corrected chi connectivity index (χ2v) is 5.80. The summed E-state index contributed by atoms with van der Waals surface area (Å²) >= 11 is 3.45. The third kappa shape index (κ3) is 2.99. The van der Waals surface area contributed by atoms with Gasteiger partial charge >= 0.3 is 0 Å². The van der Waals surface area contributed by atoms with Crippen LogP contribution in [0.1, 0.15) is 37.7 Å². The van der Waals surface area contributed by atoms with Gasteiger partial charge in [-0.15, -0.1) is 0 Å². The molecule has 0 spiro atoms. The van der Waals surface area contributed by atoms with Gasteiger partial charge in [-0.25, -0.2) is 4.98 Å². The van der Waals surface area contributed by atoms with Gasteiger partial charge in [-0.1, -0.05) is 19.3 Å². The highest BCUT2D eigenvalue weighted by Crippen LogP contribution is 2.31. The summed E-state index contributed by atoms with van der Waals surface area (Å²) < 4.78 is 1.02. The molecule has 0 radical (unpaired) electrons. The molecule has 4 heteroatoms. The predicted octanol–water partition coefficient (Wildman–Crippen LogP) is 3.26. The molecular formula is C13H19BrN2O. The first-order chi connectivity index (χ1) is 8.15. The van der Waals surface area contributed by atoms with E-state index >= 15 is 0 Å². The molecule has 1 aliphatic carbocycles. The summed E-state index contributed by atoms with van der Waals surface area (Å²) in [6.45, 7) is 2.23. The first-order valence-corrected chi connectivity index (χ1v) is 6.96. The molecule has 1 aromatic heterocycles. The van der Waals surface area contributed by atoms with Gasteiger partial charge in [0.05, 0.1) is 12.1 Å². The lowest BCUT2D eigenvalue weighted by Gasteiger charge is -2.37. The summed E-state index contributed by atoms with van der Waals surface area (Å²) in [5, 5.41) is 13.1. The van der Waals surface area contributed by atoms with Crippen LogP contribution in [0.2, 0.25) is 0 Å². The number of hydrogen-bond donors (Lipinski definition) is 2. The minimum atomic E-state index is -0.161. The number of rotatable bonds is 3. The number of halogens is 1. The molecule has 3 nitrogen and oxygen atoms in total. The van der Waals surface area contributed by atoms with Gasteiger partial charge in [0.25, 0.3) is 0 Å². The Morgan fingerprint density at radius 2 is 2.12 bits per heavy atom. The minimum Gasteiger partial charge on any atom is -0.394 e. The van der Waals surface area contributed by atoms with Gasteiger partial charge in [-0.3, -0.25) is 0 Å². The molecule has 0 amide bonds. The van der Waals surface area contributed by atoms with Crippen molar-refractivity contribution < 1.29 is 5.11 Å². The Hall–Kier alpha value is -0.610. The van der Waals surface area contributed by atoms with Crippen molar-refractivity contribution >= 4 is 21.7 Å². The molecule has 1 fully saturated rings. The van der Waals surface area contributed by atoms with E-state index in [4.69, 9.17) is 0 Å². The molecule has 2 rings (SSSR count). The van der Waals surface area contributed by atoms with E-state index in [1.165, 1.54) is 19.3 Å². The van der Waals surface area contributed by atoms with Gasteiger partial charge in [0.1, 0.15) is 5.82 Å². The number of aromatic nitrogens is 1. The first kappa shape index (κ1) is 12.8. The maximum absolute atomic E-state index is 9.63. The lowest BCUT2D eigenvalue weighted by Crippen LogP contribution is -2.44. The number of aliphatic hydroxyl groups excluding tert-OH is 1. The van der Waals surface area contributed by atoms with E-state index in [2.05, 4.69) is 26.2 Å². The van der Waals surface area contributed by atoms with Crippen LogP contribution in [-0.2, 0) is 0 Å². The van der Waals surface area contributed by atoms with Crippen molar-refractivity contribution in [1.82, 2.24) is 4.98 Å². The molecule has 1 heterocycles. The van der Waals surface area contributed by atoms with Crippen molar-refractivity contribution in [1.29, 1.82) is 0 Å². The zero-order valence-electron chi connectivity index (χ0n) is 10.2. The second-order valence-electron chi connectivity index (χ2n) is 4.94. The molecule has 0 aliphatic heterocycles. The lowest BCUT2D eigenvalue weighted by molar-refractivity contribution is 0.172. The molecule has 0 aromatic carbocycles. The molecule has 2 N–H and O–H groups in total. The third-order valence-corrected chi connectivity index (χ3v) is 4.38. The van der Waals surface area contributed by atoms with Gasteiger partial charge in [-0.2, -0.15) is 0 Å². The van der Waals surface area contributed by atoms with Crippen LogP contribution >= 0.6 is 15.9 Å². The average Bonchev–Trinajstić information content (AvgIpc) is 2.35. The highest BCUT2D eigenvalue weighted by molar-refractivity contribution is 9.10. The third-order valence-electron chi connectivity index (χ3n) is 3.55. The van der Waals surface area contributed by atoms with Gasteiger partial charge in [0, 0.05) is 10.7 Å². The maximum atomic E-state index is 9.63. The van der Waals surface area contributed by atoms with Crippen molar-refractivity contribution in [2.24, 2.45) is 0 Å². The molecule has 0 unspecified atom stereocenters. The van der Waals surface area contributed by atoms with Crippen LogP contribution in [0.15, 0.2) is 16.7 Å². The van der Waals surface area contributed by atoms with Crippen LogP contribution in [0, 0.1) is 6.92 Å². The summed E-state index contributed by atoms with van der Waals surface area (Å²) in [5.74, 6) is 0.863. The number of aliphatic hydroxyl groups is 1. The molecule has 0 atom stereocenters. The second kappa shape index (κ2) is 5.36. The van der Waals surface area contributed by atoms with E-state index in [0.717, 1.165) is 28.7 Å². The Morgan fingerprint density at radius 3 is 2.71 bits per heavy atom. The summed E-state index contributed by atoms with van der Waals surface area (Å²) in [6, 6.07) is 2.02. The summed E-state index contributed by atoms with van der Waals surface area (Å²) in [6.07, 6.45) is 7.51. The van der Waals surface area contributed by atoms with Crippen molar-refractivity contribution in [3.63, 3.8) is 0 Å². The number of nitrogens with zero attached hydrogens (tertiary/aromatic N) is 1. The van der Waals surface area contributed by atoms with E-state index in [1.807, 2.05) is 19.2 Å². The van der Waals surface area contributed by atoms with Gasteiger partial charge in [0.15, 0.2) is 0 Å².